The van der Waals surface area contributed by atoms with Crippen LogP contribution in [0.4, 0.5) is 5.82 Å². The van der Waals surface area contributed by atoms with E-state index in [1.165, 1.54) is 25.7 Å². The Bertz CT molecular complexity index is 698. The molecule has 5 nitrogen and oxygen atoms in total. The van der Waals surface area contributed by atoms with E-state index in [1.54, 1.807) is 12.4 Å². The predicted molar refractivity (Wildman–Crippen MR) is 90.5 cm³/mol. The topological polar surface area (TPSA) is 51.1 Å². The maximum atomic E-state index is 6.03. The van der Waals surface area contributed by atoms with Gasteiger partial charge in [0.2, 0.25) is 0 Å². The number of rotatable bonds is 4. The Balaban J connectivity index is 1.61. The van der Waals surface area contributed by atoms with Gasteiger partial charge in [0.05, 0.1) is 6.10 Å². The van der Waals surface area contributed by atoms with Crippen LogP contribution in [-0.2, 0) is 4.74 Å². The fraction of sp³-hybridized carbons (Fsp3) is 0.611. The minimum atomic E-state index is 0.323. The monoisotopic (exact) mass is 312 g/mol. The molecule has 0 N–H and O–H groups in total. The molecule has 2 saturated carbocycles. The second-order valence-corrected chi connectivity index (χ2v) is 6.82. The molecule has 23 heavy (non-hydrogen) atoms. The first-order valence-electron chi connectivity index (χ1n) is 8.67. The number of anilines is 1. The molecule has 1 spiro atoms. The third-order valence-corrected chi connectivity index (χ3v) is 5.79. The number of fused-ring (bicyclic) bond motifs is 1. The SMILES string of the molecule is CCOC1CC(N(C)c2ccc3nccnc3n2)C12CCCC2. The van der Waals surface area contributed by atoms with Crippen LogP contribution in [0, 0.1) is 5.41 Å². The van der Waals surface area contributed by atoms with Crippen molar-refractivity contribution in [1.29, 1.82) is 0 Å². The van der Waals surface area contributed by atoms with E-state index >= 15 is 0 Å². The fourth-order valence-electron chi connectivity index (χ4n) is 4.59. The molecule has 2 aromatic heterocycles. The summed E-state index contributed by atoms with van der Waals surface area (Å²) in [6, 6.07) is 4.60. The van der Waals surface area contributed by atoms with Crippen LogP contribution in [0.3, 0.4) is 0 Å². The number of nitrogens with zero attached hydrogens (tertiary/aromatic N) is 4. The van der Waals surface area contributed by atoms with Gasteiger partial charge in [0, 0.05) is 37.5 Å². The standard InChI is InChI=1S/C18H24N4O/c1-3-23-15-12-14(18(15)8-4-5-9-18)22(2)16-7-6-13-17(21-16)20-11-10-19-13/h6-7,10-11,14-15H,3-5,8-9,12H2,1-2H3. The van der Waals surface area contributed by atoms with Crippen molar-refractivity contribution in [1.82, 2.24) is 15.0 Å². The summed E-state index contributed by atoms with van der Waals surface area (Å²) < 4.78 is 6.03. The minimum absolute atomic E-state index is 0.323. The number of aromatic nitrogens is 3. The minimum Gasteiger partial charge on any atom is -0.378 e. The van der Waals surface area contributed by atoms with Crippen molar-refractivity contribution in [2.75, 3.05) is 18.6 Å². The molecule has 2 aliphatic carbocycles. The van der Waals surface area contributed by atoms with E-state index in [4.69, 9.17) is 9.72 Å². The first-order valence-corrected chi connectivity index (χ1v) is 8.67. The number of pyridine rings is 1. The van der Waals surface area contributed by atoms with Crippen LogP contribution in [0.2, 0.25) is 0 Å². The average molecular weight is 312 g/mol. The van der Waals surface area contributed by atoms with Gasteiger partial charge in [-0.1, -0.05) is 12.8 Å². The van der Waals surface area contributed by atoms with Crippen LogP contribution in [-0.4, -0.2) is 40.8 Å². The first kappa shape index (κ1) is 14.8. The molecule has 0 radical (unpaired) electrons. The molecule has 0 aromatic carbocycles. The van der Waals surface area contributed by atoms with E-state index in [1.807, 2.05) is 6.07 Å². The molecule has 0 aliphatic heterocycles. The normalized spacial score (nSPS) is 25.7. The van der Waals surface area contributed by atoms with Crippen LogP contribution in [0.1, 0.15) is 39.0 Å². The molecule has 2 fully saturated rings. The zero-order valence-corrected chi connectivity index (χ0v) is 13.9. The van der Waals surface area contributed by atoms with Gasteiger partial charge in [-0.25, -0.2) is 9.97 Å². The van der Waals surface area contributed by atoms with Crippen molar-refractivity contribution in [3.63, 3.8) is 0 Å². The summed E-state index contributed by atoms with van der Waals surface area (Å²) in [6.07, 6.45) is 10.1. The molecule has 2 unspecified atom stereocenters. The molecule has 0 bridgehead atoms. The van der Waals surface area contributed by atoms with E-state index in [9.17, 15) is 0 Å². The summed E-state index contributed by atoms with van der Waals surface area (Å²) in [5.74, 6) is 0.990. The largest absolute Gasteiger partial charge is 0.378 e. The van der Waals surface area contributed by atoms with Crippen molar-refractivity contribution in [3.05, 3.63) is 24.5 Å². The first-order chi connectivity index (χ1) is 11.2. The Morgan fingerprint density at radius 2 is 2.00 bits per heavy atom. The third kappa shape index (κ3) is 2.29. The van der Waals surface area contributed by atoms with Crippen LogP contribution < -0.4 is 4.90 Å². The van der Waals surface area contributed by atoms with Gasteiger partial charge < -0.3 is 9.64 Å². The Morgan fingerprint density at radius 3 is 2.78 bits per heavy atom. The summed E-state index contributed by atoms with van der Waals surface area (Å²) in [6.45, 7) is 2.91. The van der Waals surface area contributed by atoms with Gasteiger partial charge in [-0.2, -0.15) is 0 Å². The van der Waals surface area contributed by atoms with Gasteiger partial charge in [-0.3, -0.25) is 4.98 Å². The lowest BCUT2D eigenvalue weighted by atomic mass is 9.60. The van der Waals surface area contributed by atoms with Crippen molar-refractivity contribution < 1.29 is 4.74 Å². The summed E-state index contributed by atoms with van der Waals surface area (Å²) >= 11 is 0. The third-order valence-electron chi connectivity index (χ3n) is 5.79. The number of ether oxygens (including phenoxy) is 1. The van der Waals surface area contributed by atoms with Crippen LogP contribution >= 0.6 is 0 Å². The van der Waals surface area contributed by atoms with Gasteiger partial charge >= 0.3 is 0 Å². The lowest BCUT2D eigenvalue weighted by molar-refractivity contribution is -0.121. The van der Waals surface area contributed by atoms with Crippen molar-refractivity contribution in [3.8, 4) is 0 Å². The Morgan fingerprint density at radius 1 is 1.22 bits per heavy atom. The lowest BCUT2D eigenvalue weighted by Gasteiger charge is -2.57. The van der Waals surface area contributed by atoms with Crippen molar-refractivity contribution in [2.45, 2.75) is 51.2 Å². The van der Waals surface area contributed by atoms with Crippen molar-refractivity contribution >= 4 is 17.0 Å². The molecule has 2 heterocycles. The molecule has 0 saturated heterocycles. The van der Waals surface area contributed by atoms with Crippen LogP contribution in [0.15, 0.2) is 24.5 Å². The lowest BCUT2D eigenvalue weighted by Crippen LogP contribution is -2.63. The number of hydrogen-bond acceptors (Lipinski definition) is 5. The van der Waals surface area contributed by atoms with Gasteiger partial charge in [0.25, 0.3) is 0 Å². The molecular formula is C18H24N4O. The van der Waals surface area contributed by atoms with Crippen LogP contribution in [0.5, 0.6) is 0 Å². The maximum absolute atomic E-state index is 6.03. The van der Waals surface area contributed by atoms with Gasteiger partial charge in [-0.05, 0) is 38.3 Å². The molecule has 2 aliphatic rings. The fourth-order valence-corrected chi connectivity index (χ4v) is 4.59. The molecule has 2 atom stereocenters. The van der Waals surface area contributed by atoms with Gasteiger partial charge in [0.1, 0.15) is 11.3 Å². The highest BCUT2D eigenvalue weighted by molar-refractivity contribution is 5.71. The molecule has 0 amide bonds. The quantitative estimate of drug-likeness (QED) is 0.868. The molecule has 2 aromatic rings. The summed E-state index contributed by atoms with van der Waals surface area (Å²) in [5.41, 5.74) is 1.89. The van der Waals surface area contributed by atoms with Gasteiger partial charge in [0.15, 0.2) is 5.65 Å². The second kappa shape index (κ2) is 5.71. The highest BCUT2D eigenvalue weighted by Gasteiger charge is 2.58. The second-order valence-electron chi connectivity index (χ2n) is 6.82. The van der Waals surface area contributed by atoms with E-state index < -0.39 is 0 Å². The molecular weight excluding hydrogens is 288 g/mol. The zero-order chi connectivity index (χ0) is 15.9. The molecule has 4 rings (SSSR count). The van der Waals surface area contributed by atoms with E-state index in [-0.39, 0.29) is 0 Å². The van der Waals surface area contributed by atoms with Crippen LogP contribution in [0.25, 0.3) is 11.2 Å². The average Bonchev–Trinajstić information content (AvgIpc) is 3.10. The smallest absolute Gasteiger partial charge is 0.180 e. The molecule has 5 heteroatoms. The molecule has 122 valence electrons. The Kier molecular flexibility index (Phi) is 3.68. The van der Waals surface area contributed by atoms with Crippen molar-refractivity contribution in [2.24, 2.45) is 5.41 Å². The zero-order valence-electron chi connectivity index (χ0n) is 13.9. The van der Waals surface area contributed by atoms with E-state index in [0.717, 1.165) is 30.0 Å². The van der Waals surface area contributed by atoms with E-state index in [2.05, 4.69) is 34.9 Å². The Labute approximate surface area is 137 Å². The Hall–Kier alpha value is -1.75. The predicted octanol–water partition coefficient (Wildman–Crippen LogP) is 3.20. The van der Waals surface area contributed by atoms with Gasteiger partial charge in [-0.15, -0.1) is 0 Å². The number of hydrogen-bond donors (Lipinski definition) is 0. The van der Waals surface area contributed by atoms with E-state index in [0.29, 0.717) is 17.6 Å². The maximum Gasteiger partial charge on any atom is 0.180 e. The summed E-state index contributed by atoms with van der Waals surface area (Å²) in [7, 11) is 2.16. The highest BCUT2D eigenvalue weighted by atomic mass is 16.5. The highest BCUT2D eigenvalue weighted by Crippen LogP contribution is 2.56. The summed E-state index contributed by atoms with van der Waals surface area (Å²) in [4.78, 5) is 15.7. The summed E-state index contributed by atoms with van der Waals surface area (Å²) in [5, 5.41) is 0.